The Balaban J connectivity index is 4.28. The highest BCUT2D eigenvalue weighted by molar-refractivity contribution is 5.82. The van der Waals surface area contributed by atoms with Gasteiger partial charge in [0.15, 0.2) is 0 Å². The van der Waals surface area contributed by atoms with Gasteiger partial charge in [-0.2, -0.15) is 0 Å². The van der Waals surface area contributed by atoms with Gasteiger partial charge in [0, 0.05) is 6.54 Å². The number of imide groups is 2. The number of carbonyl (C=O) groups excluding carboxylic acids is 4. The second kappa shape index (κ2) is 9.48. The molecule has 0 aromatic heterocycles. The van der Waals surface area contributed by atoms with E-state index >= 15 is 0 Å². The number of carboxylic acid groups (broad SMARTS) is 1. The van der Waals surface area contributed by atoms with Gasteiger partial charge in [0.05, 0.1) is 7.11 Å². The number of aliphatic carboxylic acids is 1. The fraction of sp³-hybridized carbons (Fsp3) is 0.545. The molecule has 0 aromatic carbocycles. The van der Waals surface area contributed by atoms with Crippen LogP contribution in [0.4, 0.5) is 4.79 Å². The minimum Gasteiger partial charge on any atom is -0.480 e. The van der Waals surface area contributed by atoms with Gasteiger partial charge < -0.3 is 9.84 Å². The lowest BCUT2D eigenvalue weighted by atomic mass is 10.1. The van der Waals surface area contributed by atoms with Crippen molar-refractivity contribution in [1.29, 1.82) is 0 Å². The van der Waals surface area contributed by atoms with E-state index in [1.54, 1.807) is 0 Å². The number of carbonyl (C=O) groups is 5. The van der Waals surface area contributed by atoms with Crippen LogP contribution in [0.15, 0.2) is 0 Å². The first kappa shape index (κ1) is 17.6. The van der Waals surface area contributed by atoms with Crippen molar-refractivity contribution in [3.8, 4) is 0 Å². The average Bonchev–Trinajstić information content (AvgIpc) is 2.45. The van der Waals surface area contributed by atoms with Gasteiger partial charge in [-0.25, -0.2) is 9.59 Å². The van der Waals surface area contributed by atoms with Gasteiger partial charge in [0.2, 0.25) is 19.2 Å². The van der Waals surface area contributed by atoms with E-state index in [-0.39, 0.29) is 25.8 Å². The fourth-order valence-electron chi connectivity index (χ4n) is 1.50. The quantitative estimate of drug-likeness (QED) is 0.422. The van der Waals surface area contributed by atoms with Crippen LogP contribution in [0.25, 0.3) is 0 Å². The maximum atomic E-state index is 11.1. The molecule has 0 saturated carbocycles. The summed E-state index contributed by atoms with van der Waals surface area (Å²) in [7, 11) is 1.13. The van der Waals surface area contributed by atoms with Crippen LogP contribution in [0.2, 0.25) is 0 Å². The maximum absolute atomic E-state index is 11.1. The number of hydrogen-bond acceptors (Lipinski definition) is 6. The molecular weight excluding hydrogens is 272 g/mol. The summed E-state index contributed by atoms with van der Waals surface area (Å²) in [5.41, 5.74) is 0. The zero-order valence-corrected chi connectivity index (χ0v) is 10.9. The van der Waals surface area contributed by atoms with E-state index in [9.17, 15) is 24.0 Å². The Hall–Kier alpha value is -2.45. The predicted octanol–water partition coefficient (Wildman–Crippen LogP) is -0.550. The van der Waals surface area contributed by atoms with E-state index in [1.807, 2.05) is 0 Å². The van der Waals surface area contributed by atoms with E-state index in [0.717, 1.165) is 12.0 Å². The molecule has 9 nitrogen and oxygen atoms in total. The van der Waals surface area contributed by atoms with Crippen LogP contribution in [0, 0.1) is 0 Å². The summed E-state index contributed by atoms with van der Waals surface area (Å²) in [4.78, 5) is 54.9. The molecule has 1 atom stereocenters. The highest BCUT2D eigenvalue weighted by atomic mass is 16.5. The fourth-order valence-corrected chi connectivity index (χ4v) is 1.50. The molecule has 4 amide bonds. The van der Waals surface area contributed by atoms with Crippen molar-refractivity contribution in [3.05, 3.63) is 0 Å². The van der Waals surface area contributed by atoms with Crippen molar-refractivity contribution in [1.82, 2.24) is 9.80 Å². The maximum Gasteiger partial charge on any atom is 0.416 e. The molecule has 1 unspecified atom stereocenters. The van der Waals surface area contributed by atoms with E-state index in [2.05, 4.69) is 4.74 Å². The second-order valence-electron chi connectivity index (χ2n) is 3.78. The molecule has 0 heterocycles. The van der Waals surface area contributed by atoms with Crippen LogP contribution >= 0.6 is 0 Å². The van der Waals surface area contributed by atoms with E-state index in [1.165, 1.54) is 0 Å². The molecule has 0 spiro atoms. The number of carboxylic acids is 1. The normalized spacial score (nSPS) is 11.1. The summed E-state index contributed by atoms with van der Waals surface area (Å²) >= 11 is 0. The Morgan fingerprint density at radius 2 is 1.75 bits per heavy atom. The van der Waals surface area contributed by atoms with E-state index < -0.39 is 18.1 Å². The zero-order valence-electron chi connectivity index (χ0n) is 10.9. The molecule has 0 aliphatic heterocycles. The second-order valence-corrected chi connectivity index (χ2v) is 3.78. The topological polar surface area (TPSA) is 121 Å². The van der Waals surface area contributed by atoms with E-state index in [4.69, 9.17) is 5.11 Å². The Morgan fingerprint density at radius 3 is 2.15 bits per heavy atom. The number of ether oxygens (including phenoxy) is 1. The standard InChI is InChI=1S/C11H16N2O7/c1-20-11(19)12(6-14)5-3-2-4-9(10(17)18)13(7-15)8-16/h6-9H,2-5H2,1H3,(H,17,18). The molecule has 0 bridgehead atoms. The first-order valence-electron chi connectivity index (χ1n) is 5.72. The number of nitrogens with zero attached hydrogens (tertiary/aromatic N) is 2. The van der Waals surface area contributed by atoms with Crippen LogP contribution in [-0.4, -0.2) is 65.9 Å². The Morgan fingerprint density at radius 1 is 1.15 bits per heavy atom. The predicted molar refractivity (Wildman–Crippen MR) is 64.4 cm³/mol. The van der Waals surface area contributed by atoms with Gasteiger partial charge >= 0.3 is 12.1 Å². The van der Waals surface area contributed by atoms with Crippen molar-refractivity contribution in [2.75, 3.05) is 13.7 Å². The molecule has 0 aromatic rings. The Kier molecular flexibility index (Phi) is 8.32. The Labute approximate surface area is 115 Å². The highest BCUT2D eigenvalue weighted by Crippen LogP contribution is 2.07. The molecule has 20 heavy (non-hydrogen) atoms. The lowest BCUT2D eigenvalue weighted by molar-refractivity contribution is -0.150. The smallest absolute Gasteiger partial charge is 0.416 e. The number of unbranched alkanes of at least 4 members (excludes halogenated alkanes) is 1. The third kappa shape index (κ3) is 5.46. The van der Waals surface area contributed by atoms with Gasteiger partial charge in [-0.1, -0.05) is 0 Å². The SMILES string of the molecule is COC(=O)N(C=O)CCCCC(C(=O)O)N(C=O)C=O. The lowest BCUT2D eigenvalue weighted by Crippen LogP contribution is -2.39. The third-order valence-electron chi connectivity index (χ3n) is 2.55. The number of rotatable bonds is 10. The van der Waals surface area contributed by atoms with Gasteiger partial charge in [0.25, 0.3) is 0 Å². The highest BCUT2D eigenvalue weighted by Gasteiger charge is 2.23. The minimum absolute atomic E-state index is 0.0285. The van der Waals surface area contributed by atoms with Gasteiger partial charge in [0.1, 0.15) is 6.04 Å². The largest absolute Gasteiger partial charge is 0.480 e. The van der Waals surface area contributed by atoms with Gasteiger partial charge in [-0.15, -0.1) is 0 Å². The summed E-state index contributed by atoms with van der Waals surface area (Å²) in [6.07, 6.45) is 0.428. The van der Waals surface area contributed by atoms with Crippen molar-refractivity contribution in [2.24, 2.45) is 0 Å². The summed E-state index contributed by atoms with van der Waals surface area (Å²) in [5, 5.41) is 8.89. The molecule has 0 fully saturated rings. The minimum atomic E-state index is -1.30. The first-order valence-corrected chi connectivity index (χ1v) is 5.72. The van der Waals surface area contributed by atoms with Crippen LogP contribution in [-0.2, 0) is 23.9 Å². The summed E-state index contributed by atoms with van der Waals surface area (Å²) in [6.45, 7) is 0.0602. The molecule has 0 radical (unpaired) electrons. The van der Waals surface area contributed by atoms with Crippen molar-refractivity contribution in [2.45, 2.75) is 25.3 Å². The van der Waals surface area contributed by atoms with Crippen molar-refractivity contribution in [3.63, 3.8) is 0 Å². The molecule has 0 aliphatic carbocycles. The lowest BCUT2D eigenvalue weighted by Gasteiger charge is -2.19. The van der Waals surface area contributed by atoms with Crippen LogP contribution in [0.5, 0.6) is 0 Å². The monoisotopic (exact) mass is 288 g/mol. The Bertz CT molecular complexity index is 364. The molecule has 9 heteroatoms. The summed E-state index contributed by atoms with van der Waals surface area (Å²) in [5.74, 6) is -1.30. The number of hydrogen-bond donors (Lipinski definition) is 1. The number of methoxy groups -OCH3 is 1. The molecule has 1 N–H and O–H groups in total. The zero-order chi connectivity index (χ0) is 15.5. The third-order valence-corrected chi connectivity index (χ3v) is 2.55. The molecular formula is C11H16N2O7. The van der Waals surface area contributed by atoms with Crippen molar-refractivity contribution >= 4 is 31.3 Å². The molecule has 0 rings (SSSR count). The van der Waals surface area contributed by atoms with E-state index in [0.29, 0.717) is 24.2 Å². The summed E-state index contributed by atoms with van der Waals surface area (Å²) in [6, 6.07) is -1.26. The van der Waals surface area contributed by atoms with Gasteiger partial charge in [-0.3, -0.25) is 24.2 Å². The van der Waals surface area contributed by atoms with Gasteiger partial charge in [-0.05, 0) is 19.3 Å². The molecule has 112 valence electrons. The average molecular weight is 288 g/mol. The first-order chi connectivity index (χ1) is 9.51. The summed E-state index contributed by atoms with van der Waals surface area (Å²) < 4.78 is 4.35. The van der Waals surface area contributed by atoms with Crippen molar-refractivity contribution < 1.29 is 33.8 Å². The molecule has 0 aliphatic rings. The van der Waals surface area contributed by atoms with Crippen LogP contribution < -0.4 is 0 Å². The number of amides is 4. The van der Waals surface area contributed by atoms with Crippen LogP contribution in [0.3, 0.4) is 0 Å². The molecule has 0 saturated heterocycles. The van der Waals surface area contributed by atoms with Crippen LogP contribution in [0.1, 0.15) is 19.3 Å².